The second kappa shape index (κ2) is 6.51. The number of ether oxygens (including phenoxy) is 2. The molecule has 24 heavy (non-hydrogen) atoms. The van der Waals surface area contributed by atoms with Crippen LogP contribution >= 0.6 is 12.4 Å². The van der Waals surface area contributed by atoms with Gasteiger partial charge in [0.25, 0.3) is 0 Å². The van der Waals surface area contributed by atoms with Gasteiger partial charge < -0.3 is 15.2 Å². The maximum atomic E-state index is 5.85. The topological polar surface area (TPSA) is 75.2 Å². The van der Waals surface area contributed by atoms with E-state index in [1.54, 1.807) is 0 Å². The van der Waals surface area contributed by atoms with Gasteiger partial charge >= 0.3 is 0 Å². The molecule has 3 aromatic rings. The van der Waals surface area contributed by atoms with Crippen molar-refractivity contribution >= 4 is 12.4 Å². The predicted molar refractivity (Wildman–Crippen MR) is 92.8 cm³/mol. The Kier molecular flexibility index (Phi) is 4.42. The van der Waals surface area contributed by atoms with E-state index in [0.717, 1.165) is 39.7 Å². The Morgan fingerprint density at radius 3 is 2.75 bits per heavy atom. The molecule has 0 radical (unpaired) electrons. The molecule has 7 heteroatoms. The van der Waals surface area contributed by atoms with E-state index in [-0.39, 0.29) is 19.2 Å². The SMILES string of the molecule is Cc1cccc(-n2nnc(CN)c2-c2ccc3c(c2)OCO3)c1.Cl. The first-order chi connectivity index (χ1) is 11.3. The third-order valence-corrected chi connectivity index (χ3v) is 3.83. The molecule has 1 aromatic heterocycles. The highest BCUT2D eigenvalue weighted by molar-refractivity contribution is 5.85. The molecule has 6 nitrogen and oxygen atoms in total. The zero-order valence-electron chi connectivity index (χ0n) is 13.1. The number of benzene rings is 2. The van der Waals surface area contributed by atoms with E-state index in [4.69, 9.17) is 15.2 Å². The Bertz CT molecular complexity index is 879. The molecular weight excluding hydrogens is 328 g/mol. The fourth-order valence-corrected chi connectivity index (χ4v) is 2.72. The fourth-order valence-electron chi connectivity index (χ4n) is 2.72. The monoisotopic (exact) mass is 344 g/mol. The van der Waals surface area contributed by atoms with E-state index in [2.05, 4.69) is 16.4 Å². The minimum Gasteiger partial charge on any atom is -0.454 e. The third kappa shape index (κ3) is 2.70. The second-order valence-corrected chi connectivity index (χ2v) is 5.41. The highest BCUT2D eigenvalue weighted by Gasteiger charge is 2.19. The molecule has 0 aliphatic carbocycles. The summed E-state index contributed by atoms with van der Waals surface area (Å²) in [6, 6.07) is 13.9. The van der Waals surface area contributed by atoms with Gasteiger partial charge in [-0.1, -0.05) is 17.3 Å². The van der Waals surface area contributed by atoms with Gasteiger partial charge in [-0.2, -0.15) is 0 Å². The number of fused-ring (bicyclic) bond motifs is 1. The maximum absolute atomic E-state index is 5.85. The average Bonchev–Trinajstić information content (AvgIpc) is 3.20. The Morgan fingerprint density at radius 1 is 1.12 bits per heavy atom. The van der Waals surface area contributed by atoms with Gasteiger partial charge in [0.1, 0.15) is 5.69 Å². The summed E-state index contributed by atoms with van der Waals surface area (Å²) in [4.78, 5) is 0. The molecule has 2 N–H and O–H groups in total. The molecule has 0 unspecified atom stereocenters. The summed E-state index contributed by atoms with van der Waals surface area (Å²) in [5, 5.41) is 8.51. The van der Waals surface area contributed by atoms with Gasteiger partial charge in [0.15, 0.2) is 11.5 Å². The van der Waals surface area contributed by atoms with Crippen LogP contribution in [0.25, 0.3) is 16.9 Å². The standard InChI is InChI=1S/C17H16N4O2.ClH/c1-11-3-2-4-13(7-11)21-17(14(9-18)19-20-21)12-5-6-15-16(8-12)23-10-22-15;/h2-8H,9-10,18H2,1H3;1H. The van der Waals surface area contributed by atoms with Crippen molar-refractivity contribution in [3.8, 4) is 28.4 Å². The van der Waals surface area contributed by atoms with Crippen molar-refractivity contribution in [1.82, 2.24) is 15.0 Å². The number of nitrogens with zero attached hydrogens (tertiary/aromatic N) is 3. The van der Waals surface area contributed by atoms with Gasteiger partial charge in [0.2, 0.25) is 6.79 Å². The molecule has 2 heterocycles. The van der Waals surface area contributed by atoms with Crippen molar-refractivity contribution in [2.75, 3.05) is 6.79 Å². The van der Waals surface area contributed by atoms with Gasteiger partial charge in [0.05, 0.1) is 11.4 Å². The number of aryl methyl sites for hydroxylation is 1. The van der Waals surface area contributed by atoms with Crippen LogP contribution in [0.5, 0.6) is 11.5 Å². The highest BCUT2D eigenvalue weighted by atomic mass is 35.5. The number of rotatable bonds is 3. The zero-order chi connectivity index (χ0) is 15.8. The molecule has 0 bridgehead atoms. The maximum Gasteiger partial charge on any atom is 0.231 e. The number of hydrogen-bond donors (Lipinski definition) is 1. The number of aromatic nitrogens is 3. The summed E-state index contributed by atoms with van der Waals surface area (Å²) in [7, 11) is 0. The molecule has 4 rings (SSSR count). The zero-order valence-corrected chi connectivity index (χ0v) is 13.9. The van der Waals surface area contributed by atoms with E-state index in [0.29, 0.717) is 6.54 Å². The van der Waals surface area contributed by atoms with Crippen molar-refractivity contribution in [2.24, 2.45) is 5.73 Å². The molecule has 0 atom stereocenters. The Morgan fingerprint density at radius 2 is 1.96 bits per heavy atom. The number of hydrogen-bond acceptors (Lipinski definition) is 5. The summed E-state index contributed by atoms with van der Waals surface area (Å²) in [5.74, 6) is 1.47. The quantitative estimate of drug-likeness (QED) is 0.790. The normalized spacial score (nSPS) is 12.1. The second-order valence-electron chi connectivity index (χ2n) is 5.41. The largest absolute Gasteiger partial charge is 0.454 e. The van der Waals surface area contributed by atoms with Gasteiger partial charge in [-0.15, -0.1) is 17.5 Å². The van der Waals surface area contributed by atoms with E-state index in [1.807, 2.05) is 48.0 Å². The van der Waals surface area contributed by atoms with Crippen LogP contribution in [0.15, 0.2) is 42.5 Å². The lowest BCUT2D eigenvalue weighted by Crippen LogP contribution is -2.03. The van der Waals surface area contributed by atoms with Crippen molar-refractivity contribution in [3.05, 3.63) is 53.7 Å². The highest BCUT2D eigenvalue weighted by Crippen LogP contribution is 2.37. The first-order valence-corrected chi connectivity index (χ1v) is 7.38. The third-order valence-electron chi connectivity index (χ3n) is 3.83. The lowest BCUT2D eigenvalue weighted by atomic mass is 10.1. The van der Waals surface area contributed by atoms with Crippen LogP contribution in [0.2, 0.25) is 0 Å². The van der Waals surface area contributed by atoms with E-state index >= 15 is 0 Å². The summed E-state index contributed by atoms with van der Waals surface area (Å²) >= 11 is 0. The first-order valence-electron chi connectivity index (χ1n) is 7.38. The van der Waals surface area contributed by atoms with Gasteiger partial charge in [-0.25, -0.2) is 4.68 Å². The lowest BCUT2D eigenvalue weighted by Gasteiger charge is -2.09. The van der Waals surface area contributed by atoms with E-state index in [1.165, 1.54) is 0 Å². The molecule has 1 aliphatic heterocycles. The smallest absolute Gasteiger partial charge is 0.231 e. The van der Waals surface area contributed by atoms with Crippen LogP contribution in [0.4, 0.5) is 0 Å². The van der Waals surface area contributed by atoms with Crippen molar-refractivity contribution in [3.63, 3.8) is 0 Å². The van der Waals surface area contributed by atoms with Gasteiger partial charge in [0, 0.05) is 12.1 Å². The molecule has 0 fully saturated rings. The van der Waals surface area contributed by atoms with Gasteiger partial charge in [-0.3, -0.25) is 0 Å². The fraction of sp³-hybridized carbons (Fsp3) is 0.176. The Hall–Kier alpha value is -2.57. The molecule has 0 saturated carbocycles. The van der Waals surface area contributed by atoms with E-state index in [9.17, 15) is 0 Å². The summed E-state index contributed by atoms with van der Waals surface area (Å²) < 4.78 is 12.7. The average molecular weight is 345 g/mol. The minimum absolute atomic E-state index is 0. The predicted octanol–water partition coefficient (Wildman–Crippen LogP) is 2.85. The van der Waals surface area contributed by atoms with Crippen LogP contribution in [0, 0.1) is 6.92 Å². The number of nitrogens with two attached hydrogens (primary N) is 1. The minimum atomic E-state index is 0. The molecule has 1 aliphatic rings. The Labute approximate surface area is 145 Å². The van der Waals surface area contributed by atoms with Crippen LogP contribution in [0.1, 0.15) is 11.3 Å². The summed E-state index contributed by atoms with van der Waals surface area (Å²) in [6.45, 7) is 2.61. The van der Waals surface area contributed by atoms with Crippen LogP contribution in [0.3, 0.4) is 0 Å². The van der Waals surface area contributed by atoms with Gasteiger partial charge in [-0.05, 0) is 42.8 Å². The molecular formula is C17H17ClN4O2. The molecule has 2 aromatic carbocycles. The van der Waals surface area contributed by atoms with Crippen LogP contribution in [-0.2, 0) is 6.54 Å². The Balaban J connectivity index is 0.00000169. The van der Waals surface area contributed by atoms with Crippen molar-refractivity contribution < 1.29 is 9.47 Å². The lowest BCUT2D eigenvalue weighted by molar-refractivity contribution is 0.174. The molecule has 0 saturated heterocycles. The summed E-state index contributed by atoms with van der Waals surface area (Å²) in [5.41, 5.74) is 10.5. The van der Waals surface area contributed by atoms with Crippen LogP contribution in [-0.4, -0.2) is 21.8 Å². The van der Waals surface area contributed by atoms with Crippen LogP contribution < -0.4 is 15.2 Å². The van der Waals surface area contributed by atoms with Crippen molar-refractivity contribution in [2.45, 2.75) is 13.5 Å². The molecule has 124 valence electrons. The first kappa shape index (κ1) is 16.3. The van der Waals surface area contributed by atoms with Crippen molar-refractivity contribution in [1.29, 1.82) is 0 Å². The number of halogens is 1. The molecule has 0 spiro atoms. The molecule has 0 amide bonds. The van der Waals surface area contributed by atoms with E-state index < -0.39 is 0 Å². The summed E-state index contributed by atoms with van der Waals surface area (Å²) in [6.07, 6.45) is 0.